The molecule has 27 heavy (non-hydrogen) atoms. The van der Waals surface area contributed by atoms with Crippen LogP contribution in [0.25, 0.3) is 10.3 Å². The number of nitriles is 1. The van der Waals surface area contributed by atoms with Gasteiger partial charge in [0.15, 0.2) is 0 Å². The Labute approximate surface area is 160 Å². The predicted octanol–water partition coefficient (Wildman–Crippen LogP) is 2.98. The number of nitrogens with zero attached hydrogens (tertiary/aromatic N) is 3. The number of carbonyl (C=O) groups is 1. The third-order valence-electron chi connectivity index (χ3n) is 4.47. The zero-order chi connectivity index (χ0) is 18.6. The van der Waals surface area contributed by atoms with Crippen LogP contribution in [-0.4, -0.2) is 35.0 Å². The molecule has 0 radical (unpaired) electrons. The van der Waals surface area contributed by atoms with Gasteiger partial charge >= 0.3 is 0 Å². The summed E-state index contributed by atoms with van der Waals surface area (Å²) in [5.41, 5.74) is 1.94. The van der Waals surface area contributed by atoms with Crippen LogP contribution >= 0.6 is 11.3 Å². The maximum absolute atomic E-state index is 12.7. The Balaban J connectivity index is 1.58. The Morgan fingerprint density at radius 1 is 1.37 bits per heavy atom. The van der Waals surface area contributed by atoms with Crippen LogP contribution in [0.3, 0.4) is 0 Å². The van der Waals surface area contributed by atoms with Crippen LogP contribution in [0.5, 0.6) is 0 Å². The lowest BCUT2D eigenvalue weighted by Crippen LogP contribution is -2.38. The average molecular weight is 378 g/mol. The lowest BCUT2D eigenvalue weighted by Gasteiger charge is -2.24. The first-order valence-electron chi connectivity index (χ1n) is 8.76. The summed E-state index contributed by atoms with van der Waals surface area (Å²) in [4.78, 5) is 22.5. The fraction of sp³-hybridized carbons (Fsp3) is 0.263. The van der Waals surface area contributed by atoms with Crippen molar-refractivity contribution >= 4 is 39.1 Å². The molecule has 1 aliphatic rings. The highest BCUT2D eigenvalue weighted by molar-refractivity contribution is 7.17. The molecule has 8 heteroatoms. The van der Waals surface area contributed by atoms with Crippen molar-refractivity contribution in [2.75, 3.05) is 23.7 Å². The van der Waals surface area contributed by atoms with Gasteiger partial charge in [0.25, 0.3) is 5.91 Å². The van der Waals surface area contributed by atoms with Crippen LogP contribution < -0.4 is 16.0 Å². The van der Waals surface area contributed by atoms with Gasteiger partial charge in [-0.3, -0.25) is 4.79 Å². The predicted molar refractivity (Wildman–Crippen MR) is 106 cm³/mol. The molecule has 1 atom stereocenters. The third kappa shape index (κ3) is 3.74. The molecule has 3 N–H and O–H groups in total. The van der Waals surface area contributed by atoms with Crippen LogP contribution in [0.2, 0.25) is 0 Å². The maximum atomic E-state index is 12.7. The van der Waals surface area contributed by atoms with Gasteiger partial charge in [-0.25, -0.2) is 9.97 Å². The fourth-order valence-corrected chi connectivity index (χ4v) is 3.93. The summed E-state index contributed by atoms with van der Waals surface area (Å²) in [6.07, 6.45) is 3.91. The van der Waals surface area contributed by atoms with E-state index in [1.807, 2.05) is 0 Å². The third-order valence-corrected chi connectivity index (χ3v) is 5.35. The molecule has 3 heterocycles. The smallest absolute Gasteiger partial charge is 0.258 e. The van der Waals surface area contributed by atoms with E-state index in [-0.39, 0.29) is 5.91 Å². The largest absolute Gasteiger partial charge is 0.365 e. The molecule has 0 spiro atoms. The molecule has 0 aliphatic carbocycles. The second kappa shape index (κ2) is 7.70. The van der Waals surface area contributed by atoms with E-state index in [4.69, 9.17) is 0 Å². The van der Waals surface area contributed by atoms with Crippen molar-refractivity contribution in [1.29, 1.82) is 5.26 Å². The summed E-state index contributed by atoms with van der Waals surface area (Å²) in [6, 6.07) is 9.31. The van der Waals surface area contributed by atoms with Crippen molar-refractivity contribution in [3.63, 3.8) is 0 Å². The summed E-state index contributed by atoms with van der Waals surface area (Å²) in [5.74, 6) is 0.371. The van der Waals surface area contributed by atoms with Gasteiger partial charge in [-0.1, -0.05) is 12.1 Å². The van der Waals surface area contributed by atoms with Crippen molar-refractivity contribution in [2.45, 2.75) is 18.9 Å². The summed E-state index contributed by atoms with van der Waals surface area (Å²) >= 11 is 1.38. The quantitative estimate of drug-likeness (QED) is 0.645. The normalized spacial score (nSPS) is 16.6. The first-order chi connectivity index (χ1) is 13.2. The Morgan fingerprint density at radius 2 is 2.26 bits per heavy atom. The van der Waals surface area contributed by atoms with E-state index in [1.54, 1.807) is 35.8 Å². The zero-order valence-corrected chi connectivity index (χ0v) is 15.3. The number of nitrogens with one attached hydrogen (secondary N) is 3. The van der Waals surface area contributed by atoms with Gasteiger partial charge < -0.3 is 16.0 Å². The van der Waals surface area contributed by atoms with Gasteiger partial charge in [0.05, 0.1) is 23.0 Å². The van der Waals surface area contributed by atoms with E-state index >= 15 is 0 Å². The number of fused-ring (bicyclic) bond motifs is 1. The molecule has 136 valence electrons. The molecule has 1 aromatic carbocycles. The number of piperidine rings is 1. The fourth-order valence-electron chi connectivity index (χ4n) is 3.10. The molecule has 1 fully saturated rings. The molecule has 1 saturated heterocycles. The minimum atomic E-state index is -0.297. The van der Waals surface area contributed by atoms with E-state index in [1.165, 1.54) is 11.3 Å². The maximum Gasteiger partial charge on any atom is 0.258 e. The number of rotatable bonds is 4. The molecule has 4 rings (SSSR count). The molecule has 3 aromatic rings. The summed E-state index contributed by atoms with van der Waals surface area (Å²) in [5, 5.41) is 20.5. The molecular weight excluding hydrogens is 360 g/mol. The standard InChI is InChI=1S/C19H18N6OS/c20-8-12-4-1-2-6-15(12)24-18(26)14-11-27-19-17(14)25-16(10-22-19)23-13-5-3-7-21-9-13/h1-2,4,6,10-11,13,21H,3,5,7,9H2,(H,23,25)(H,24,26)/t13-/m1/s1. The number of aromatic nitrogens is 2. The highest BCUT2D eigenvalue weighted by atomic mass is 32.1. The number of thiophene rings is 1. The van der Waals surface area contributed by atoms with Gasteiger partial charge in [-0.15, -0.1) is 11.3 Å². The number of benzene rings is 1. The van der Waals surface area contributed by atoms with Crippen LogP contribution in [-0.2, 0) is 0 Å². The summed E-state index contributed by atoms with van der Waals surface area (Å²) < 4.78 is 0. The Morgan fingerprint density at radius 3 is 3.07 bits per heavy atom. The topological polar surface area (TPSA) is 103 Å². The van der Waals surface area contributed by atoms with Crippen molar-refractivity contribution in [1.82, 2.24) is 15.3 Å². The van der Waals surface area contributed by atoms with Crippen LogP contribution in [0.15, 0.2) is 35.8 Å². The van der Waals surface area contributed by atoms with Crippen molar-refractivity contribution in [3.05, 3.63) is 47.0 Å². The van der Waals surface area contributed by atoms with E-state index in [0.717, 1.165) is 25.9 Å². The molecule has 0 bridgehead atoms. The van der Waals surface area contributed by atoms with Gasteiger partial charge in [0, 0.05) is 18.0 Å². The number of amides is 1. The highest BCUT2D eigenvalue weighted by Gasteiger charge is 2.18. The van der Waals surface area contributed by atoms with Gasteiger partial charge in [-0.05, 0) is 31.5 Å². The highest BCUT2D eigenvalue weighted by Crippen LogP contribution is 2.25. The van der Waals surface area contributed by atoms with Crippen molar-refractivity contribution in [3.8, 4) is 6.07 Å². The monoisotopic (exact) mass is 378 g/mol. The Hall–Kier alpha value is -3.02. The molecule has 2 aromatic heterocycles. The number of hydrogen-bond donors (Lipinski definition) is 3. The van der Waals surface area contributed by atoms with Crippen LogP contribution in [0, 0.1) is 11.3 Å². The molecule has 0 saturated carbocycles. The lowest BCUT2D eigenvalue weighted by molar-refractivity contribution is 0.102. The minimum Gasteiger partial charge on any atom is -0.365 e. The Bertz CT molecular complexity index is 1020. The molecular formula is C19H18N6OS. The van der Waals surface area contributed by atoms with E-state index in [0.29, 0.717) is 39.0 Å². The number of hydrogen-bond acceptors (Lipinski definition) is 7. The molecule has 7 nitrogen and oxygen atoms in total. The first-order valence-corrected chi connectivity index (χ1v) is 9.64. The van der Waals surface area contributed by atoms with Crippen LogP contribution in [0.4, 0.5) is 11.5 Å². The molecule has 1 aliphatic heterocycles. The first kappa shape index (κ1) is 17.4. The summed E-state index contributed by atoms with van der Waals surface area (Å²) in [7, 11) is 0. The van der Waals surface area contributed by atoms with Crippen molar-refractivity contribution in [2.24, 2.45) is 0 Å². The molecule has 1 amide bonds. The number of carbonyl (C=O) groups excluding carboxylic acids is 1. The number of para-hydroxylation sites is 1. The van der Waals surface area contributed by atoms with Gasteiger partial charge in [0.1, 0.15) is 22.2 Å². The van der Waals surface area contributed by atoms with Gasteiger partial charge in [0.2, 0.25) is 0 Å². The average Bonchev–Trinajstić information content (AvgIpc) is 3.12. The van der Waals surface area contributed by atoms with E-state index in [2.05, 4.69) is 32.0 Å². The molecule has 0 unspecified atom stereocenters. The minimum absolute atomic E-state index is 0.297. The van der Waals surface area contributed by atoms with Crippen molar-refractivity contribution < 1.29 is 4.79 Å². The second-order valence-corrected chi connectivity index (χ2v) is 7.22. The Kier molecular flexibility index (Phi) is 4.96. The van der Waals surface area contributed by atoms with E-state index < -0.39 is 0 Å². The second-order valence-electron chi connectivity index (χ2n) is 6.36. The lowest BCUT2D eigenvalue weighted by atomic mass is 10.1. The van der Waals surface area contributed by atoms with Crippen LogP contribution in [0.1, 0.15) is 28.8 Å². The van der Waals surface area contributed by atoms with Gasteiger partial charge in [-0.2, -0.15) is 5.26 Å². The SMILES string of the molecule is N#Cc1ccccc1NC(=O)c1csc2ncc(N[C@@H]3CCCNC3)nc12. The van der Waals surface area contributed by atoms with E-state index in [9.17, 15) is 10.1 Å². The summed E-state index contributed by atoms with van der Waals surface area (Å²) in [6.45, 7) is 1.93. The number of anilines is 2. The zero-order valence-electron chi connectivity index (χ0n) is 14.5.